The number of carbonyl (C=O) groups excluding carboxylic acids is 1. The number of hydrogen-bond acceptors (Lipinski definition) is 4. The second kappa shape index (κ2) is 5.48. The molecule has 2 bridgehead atoms. The molecule has 2 fully saturated rings. The van der Waals surface area contributed by atoms with Gasteiger partial charge in [0.25, 0.3) is 5.91 Å². The molecule has 0 aliphatic carbocycles. The first-order chi connectivity index (χ1) is 10.2. The van der Waals surface area contributed by atoms with Gasteiger partial charge >= 0.3 is 0 Å². The summed E-state index contributed by atoms with van der Waals surface area (Å²) >= 11 is 4.00. The van der Waals surface area contributed by atoms with Gasteiger partial charge in [-0.25, -0.2) is 0 Å². The summed E-state index contributed by atoms with van der Waals surface area (Å²) in [7, 11) is 0. The number of halogens is 1. The number of hydrogen-bond donors (Lipinski definition) is 1. The smallest absolute Gasteiger partial charge is 0.270 e. The van der Waals surface area contributed by atoms with Gasteiger partial charge in [0.2, 0.25) is 0 Å². The third kappa shape index (κ3) is 2.80. The molecular formula is C15H16IN3OS. The van der Waals surface area contributed by atoms with Gasteiger partial charge in [0.05, 0.1) is 2.88 Å². The number of amides is 1. The average Bonchev–Trinajstić information content (AvgIpc) is 2.99. The Morgan fingerprint density at radius 1 is 1.43 bits per heavy atom. The first kappa shape index (κ1) is 13.9. The summed E-state index contributed by atoms with van der Waals surface area (Å²) in [5.74, 6) is 0.728. The van der Waals surface area contributed by atoms with Crippen LogP contribution in [-0.2, 0) is 0 Å². The Labute approximate surface area is 141 Å². The van der Waals surface area contributed by atoms with Crippen LogP contribution >= 0.6 is 33.9 Å². The SMILES string of the molecule is O=C(N[C@@H]1C[C@H]2CCN(C2)C1)c1cc2sc(I)cc2cn1. The molecule has 0 spiro atoms. The number of nitrogens with zero attached hydrogens (tertiary/aromatic N) is 2. The molecule has 4 rings (SSSR count). The van der Waals surface area contributed by atoms with Gasteiger partial charge in [0.15, 0.2) is 0 Å². The number of pyridine rings is 1. The zero-order chi connectivity index (χ0) is 14.4. The van der Waals surface area contributed by atoms with Crippen molar-refractivity contribution in [2.45, 2.75) is 18.9 Å². The largest absolute Gasteiger partial charge is 0.347 e. The predicted octanol–water partition coefficient (Wildman–Crippen LogP) is 2.72. The minimum atomic E-state index is -0.0344. The van der Waals surface area contributed by atoms with E-state index in [2.05, 4.69) is 43.9 Å². The number of aromatic nitrogens is 1. The lowest BCUT2D eigenvalue weighted by Crippen LogP contribution is -2.47. The van der Waals surface area contributed by atoms with Crippen LogP contribution in [0.2, 0.25) is 0 Å². The Morgan fingerprint density at radius 3 is 3.19 bits per heavy atom. The maximum Gasteiger partial charge on any atom is 0.270 e. The summed E-state index contributed by atoms with van der Waals surface area (Å²) in [6.07, 6.45) is 4.20. The second-order valence-electron chi connectivity index (χ2n) is 5.98. The highest BCUT2D eigenvalue weighted by Crippen LogP contribution is 2.28. The third-order valence-electron chi connectivity index (χ3n) is 4.41. The number of thiophene rings is 1. The van der Waals surface area contributed by atoms with Crippen LogP contribution in [0.4, 0.5) is 0 Å². The van der Waals surface area contributed by atoms with Gasteiger partial charge in [-0.1, -0.05) is 0 Å². The summed E-state index contributed by atoms with van der Waals surface area (Å²) in [6.45, 7) is 3.39. The van der Waals surface area contributed by atoms with Crippen LogP contribution in [0, 0.1) is 8.80 Å². The van der Waals surface area contributed by atoms with Crippen molar-refractivity contribution in [1.29, 1.82) is 0 Å². The number of rotatable bonds is 2. The topological polar surface area (TPSA) is 45.2 Å². The standard InChI is InChI=1S/C15H16IN3OS/c16-14-4-10-6-17-12(5-13(10)21-14)15(20)18-11-3-9-1-2-19(7-9)8-11/h4-6,9,11H,1-3,7-8H2,(H,18,20)/t9-,11-/m1/s1. The molecule has 2 aromatic heterocycles. The van der Waals surface area contributed by atoms with E-state index in [1.807, 2.05) is 6.07 Å². The molecule has 2 saturated heterocycles. The maximum absolute atomic E-state index is 12.4. The third-order valence-corrected chi connectivity index (χ3v) is 6.26. The van der Waals surface area contributed by atoms with E-state index in [9.17, 15) is 4.79 Å². The molecular weight excluding hydrogens is 397 g/mol. The zero-order valence-corrected chi connectivity index (χ0v) is 14.5. The van der Waals surface area contributed by atoms with Crippen LogP contribution in [0.1, 0.15) is 23.3 Å². The first-order valence-corrected chi connectivity index (χ1v) is 9.15. The quantitative estimate of drug-likeness (QED) is 0.771. The van der Waals surface area contributed by atoms with Crippen LogP contribution in [0.5, 0.6) is 0 Å². The monoisotopic (exact) mass is 413 g/mol. The number of carbonyl (C=O) groups is 1. The van der Waals surface area contributed by atoms with Crippen molar-refractivity contribution >= 4 is 49.9 Å². The van der Waals surface area contributed by atoms with E-state index in [1.165, 1.54) is 22.4 Å². The fourth-order valence-electron chi connectivity index (χ4n) is 3.45. The van der Waals surface area contributed by atoms with Gasteiger partial charge < -0.3 is 10.2 Å². The second-order valence-corrected chi connectivity index (χ2v) is 8.96. The average molecular weight is 413 g/mol. The van der Waals surface area contributed by atoms with E-state index in [-0.39, 0.29) is 11.9 Å². The molecule has 2 aromatic rings. The van der Waals surface area contributed by atoms with Gasteiger partial charge in [-0.2, -0.15) is 0 Å². The van der Waals surface area contributed by atoms with Crippen LogP contribution < -0.4 is 5.32 Å². The lowest BCUT2D eigenvalue weighted by molar-refractivity contribution is 0.0904. The maximum atomic E-state index is 12.4. The van der Waals surface area contributed by atoms with E-state index in [0.29, 0.717) is 5.69 Å². The highest BCUT2D eigenvalue weighted by molar-refractivity contribution is 14.1. The lowest BCUT2D eigenvalue weighted by atomic mass is 9.97. The molecule has 1 amide bonds. The van der Waals surface area contributed by atoms with E-state index in [4.69, 9.17) is 0 Å². The lowest BCUT2D eigenvalue weighted by Gasteiger charge is -2.30. The number of fused-ring (bicyclic) bond motifs is 3. The molecule has 0 radical (unpaired) electrons. The molecule has 0 aromatic carbocycles. The fraction of sp³-hybridized carbons (Fsp3) is 0.467. The van der Waals surface area contributed by atoms with Gasteiger partial charge in [-0.3, -0.25) is 9.78 Å². The molecule has 1 N–H and O–H groups in total. The Hall–Kier alpha value is -0.730. The number of piperidine rings is 1. The molecule has 3 atom stereocenters. The Kier molecular flexibility index (Phi) is 3.63. The minimum Gasteiger partial charge on any atom is -0.347 e. The highest BCUT2D eigenvalue weighted by atomic mass is 127. The van der Waals surface area contributed by atoms with Gasteiger partial charge in [-0.05, 0) is 60.0 Å². The van der Waals surface area contributed by atoms with Gasteiger partial charge in [-0.15, -0.1) is 11.3 Å². The van der Waals surface area contributed by atoms with E-state index in [0.717, 1.165) is 29.0 Å². The Balaban J connectivity index is 1.50. The number of nitrogens with one attached hydrogen (secondary N) is 1. The molecule has 21 heavy (non-hydrogen) atoms. The Morgan fingerprint density at radius 2 is 2.33 bits per heavy atom. The molecule has 1 unspecified atom stereocenters. The normalized spacial score (nSPS) is 28.0. The van der Waals surface area contributed by atoms with E-state index < -0.39 is 0 Å². The molecule has 110 valence electrons. The zero-order valence-electron chi connectivity index (χ0n) is 11.5. The summed E-state index contributed by atoms with van der Waals surface area (Å²) in [6, 6.07) is 4.29. The van der Waals surface area contributed by atoms with Crippen molar-refractivity contribution in [3.05, 3.63) is 26.9 Å². The predicted molar refractivity (Wildman–Crippen MR) is 92.8 cm³/mol. The van der Waals surface area contributed by atoms with Crippen LogP contribution in [-0.4, -0.2) is 41.5 Å². The van der Waals surface area contributed by atoms with Gasteiger partial charge in [0, 0.05) is 35.4 Å². The highest BCUT2D eigenvalue weighted by Gasteiger charge is 2.33. The van der Waals surface area contributed by atoms with Crippen molar-refractivity contribution < 1.29 is 4.79 Å². The van der Waals surface area contributed by atoms with E-state index >= 15 is 0 Å². The summed E-state index contributed by atoms with van der Waals surface area (Å²) in [5, 5.41) is 4.28. The summed E-state index contributed by atoms with van der Waals surface area (Å²) in [5.41, 5.74) is 0.536. The van der Waals surface area contributed by atoms with Crippen LogP contribution in [0.15, 0.2) is 18.3 Å². The van der Waals surface area contributed by atoms with Crippen LogP contribution in [0.3, 0.4) is 0 Å². The van der Waals surface area contributed by atoms with Crippen molar-refractivity contribution in [2.24, 2.45) is 5.92 Å². The molecule has 2 aliphatic rings. The fourth-order valence-corrected chi connectivity index (χ4v) is 5.29. The molecule has 6 heteroatoms. The summed E-state index contributed by atoms with van der Waals surface area (Å²) in [4.78, 5) is 19.2. The minimum absolute atomic E-state index is 0.0344. The molecule has 0 saturated carbocycles. The summed E-state index contributed by atoms with van der Waals surface area (Å²) < 4.78 is 2.35. The Bertz CT molecular complexity index is 689. The van der Waals surface area contributed by atoms with Crippen molar-refractivity contribution in [3.8, 4) is 0 Å². The molecule has 4 nitrogen and oxygen atoms in total. The van der Waals surface area contributed by atoms with Crippen LogP contribution in [0.25, 0.3) is 10.1 Å². The molecule has 4 heterocycles. The molecule has 2 aliphatic heterocycles. The van der Waals surface area contributed by atoms with Gasteiger partial charge in [0.1, 0.15) is 5.69 Å². The van der Waals surface area contributed by atoms with Crippen molar-refractivity contribution in [2.75, 3.05) is 19.6 Å². The first-order valence-electron chi connectivity index (χ1n) is 7.26. The van der Waals surface area contributed by atoms with Crippen molar-refractivity contribution in [3.63, 3.8) is 0 Å². The van der Waals surface area contributed by atoms with Crippen molar-refractivity contribution in [1.82, 2.24) is 15.2 Å². The van der Waals surface area contributed by atoms with E-state index in [1.54, 1.807) is 17.5 Å².